The number of allylic oxidation sites excluding steroid dienone is 2. The highest BCUT2D eigenvalue weighted by Crippen LogP contribution is 2.18. The van der Waals surface area contributed by atoms with Crippen LogP contribution in [0, 0.1) is 12.3 Å². The molecule has 0 saturated heterocycles. The SMILES string of the molecule is C#CC(O)(CCC=C)CCC=C. The summed E-state index contributed by atoms with van der Waals surface area (Å²) in [6.07, 6.45) is 11.4. The third-order valence-corrected chi connectivity index (χ3v) is 1.79. The van der Waals surface area contributed by atoms with Gasteiger partial charge in [0.15, 0.2) is 0 Å². The Morgan fingerprint density at radius 1 is 1.25 bits per heavy atom. The van der Waals surface area contributed by atoms with Crippen molar-refractivity contribution >= 4 is 0 Å². The summed E-state index contributed by atoms with van der Waals surface area (Å²) in [5, 5.41) is 9.75. The smallest absolute Gasteiger partial charge is 0.125 e. The first-order valence-electron chi connectivity index (χ1n) is 4.10. The maximum absolute atomic E-state index is 9.75. The Morgan fingerprint density at radius 3 is 1.92 bits per heavy atom. The summed E-state index contributed by atoms with van der Waals surface area (Å²) in [5.74, 6) is 2.41. The zero-order chi connectivity index (χ0) is 9.45. The van der Waals surface area contributed by atoms with Crippen molar-refractivity contribution in [3.05, 3.63) is 25.3 Å². The van der Waals surface area contributed by atoms with Crippen molar-refractivity contribution in [3.8, 4) is 12.3 Å². The molecule has 1 N–H and O–H groups in total. The van der Waals surface area contributed by atoms with E-state index >= 15 is 0 Å². The first kappa shape index (κ1) is 11.0. The molecule has 0 bridgehead atoms. The molecule has 0 aromatic heterocycles. The molecule has 0 atom stereocenters. The van der Waals surface area contributed by atoms with Crippen LogP contribution in [0.15, 0.2) is 25.3 Å². The highest BCUT2D eigenvalue weighted by atomic mass is 16.3. The largest absolute Gasteiger partial charge is 0.378 e. The van der Waals surface area contributed by atoms with Crippen molar-refractivity contribution in [1.29, 1.82) is 0 Å². The van der Waals surface area contributed by atoms with Crippen LogP contribution in [0.1, 0.15) is 25.7 Å². The standard InChI is InChI=1S/C11H16O/c1-4-7-9-11(12,6-3)10-8-5-2/h3-5,12H,1-2,7-10H2. The summed E-state index contributed by atoms with van der Waals surface area (Å²) in [7, 11) is 0. The Balaban J connectivity index is 3.96. The molecule has 0 amide bonds. The lowest BCUT2D eigenvalue weighted by Gasteiger charge is -2.20. The highest BCUT2D eigenvalue weighted by molar-refractivity contribution is 5.08. The van der Waals surface area contributed by atoms with E-state index in [-0.39, 0.29) is 0 Å². The molecule has 0 unspecified atom stereocenters. The van der Waals surface area contributed by atoms with Gasteiger partial charge in [-0.3, -0.25) is 0 Å². The molecule has 12 heavy (non-hydrogen) atoms. The van der Waals surface area contributed by atoms with E-state index in [4.69, 9.17) is 6.42 Å². The zero-order valence-corrected chi connectivity index (χ0v) is 7.42. The fourth-order valence-electron chi connectivity index (χ4n) is 0.951. The second-order valence-corrected chi connectivity index (χ2v) is 2.83. The Morgan fingerprint density at radius 2 is 1.67 bits per heavy atom. The quantitative estimate of drug-likeness (QED) is 0.471. The number of hydrogen-bond donors (Lipinski definition) is 1. The Hall–Kier alpha value is -1.00. The van der Waals surface area contributed by atoms with Gasteiger partial charge in [0.2, 0.25) is 0 Å². The van der Waals surface area contributed by atoms with Crippen molar-refractivity contribution < 1.29 is 5.11 Å². The third-order valence-electron chi connectivity index (χ3n) is 1.79. The normalized spacial score (nSPS) is 10.3. The van der Waals surface area contributed by atoms with E-state index in [1.54, 1.807) is 12.2 Å². The molecule has 0 spiro atoms. The maximum Gasteiger partial charge on any atom is 0.125 e. The van der Waals surface area contributed by atoms with E-state index in [1.165, 1.54) is 0 Å². The van der Waals surface area contributed by atoms with Crippen molar-refractivity contribution in [2.24, 2.45) is 0 Å². The summed E-state index contributed by atoms with van der Waals surface area (Å²) in [4.78, 5) is 0. The predicted molar refractivity (Wildman–Crippen MR) is 52.6 cm³/mol. The van der Waals surface area contributed by atoms with Gasteiger partial charge in [-0.1, -0.05) is 18.1 Å². The van der Waals surface area contributed by atoms with Crippen LogP contribution < -0.4 is 0 Å². The van der Waals surface area contributed by atoms with Crippen LogP contribution in [0.2, 0.25) is 0 Å². The van der Waals surface area contributed by atoms with Crippen LogP contribution in [-0.2, 0) is 0 Å². The average Bonchev–Trinajstić information content (AvgIpc) is 2.11. The van der Waals surface area contributed by atoms with E-state index in [0.717, 1.165) is 12.8 Å². The lowest BCUT2D eigenvalue weighted by molar-refractivity contribution is 0.0847. The molecular formula is C11H16O. The van der Waals surface area contributed by atoms with Gasteiger partial charge in [0.25, 0.3) is 0 Å². The molecule has 0 aromatic carbocycles. The summed E-state index contributed by atoms with van der Waals surface area (Å²) in [5.41, 5.74) is -0.970. The van der Waals surface area contributed by atoms with Gasteiger partial charge in [-0.15, -0.1) is 19.6 Å². The fourth-order valence-corrected chi connectivity index (χ4v) is 0.951. The van der Waals surface area contributed by atoms with Crippen molar-refractivity contribution in [2.75, 3.05) is 0 Å². The molecule has 0 aliphatic rings. The lowest BCUT2D eigenvalue weighted by atomic mass is 9.93. The Kier molecular flexibility index (Phi) is 5.16. The van der Waals surface area contributed by atoms with E-state index < -0.39 is 5.60 Å². The van der Waals surface area contributed by atoms with Crippen LogP contribution in [0.5, 0.6) is 0 Å². The maximum atomic E-state index is 9.75. The predicted octanol–water partition coefficient (Wildman–Crippen LogP) is 2.28. The lowest BCUT2D eigenvalue weighted by Crippen LogP contribution is -2.25. The number of hydrogen-bond acceptors (Lipinski definition) is 1. The molecule has 0 rings (SSSR count). The second kappa shape index (κ2) is 5.62. The molecule has 66 valence electrons. The number of aliphatic hydroxyl groups is 1. The summed E-state index contributed by atoms with van der Waals surface area (Å²) in [6, 6.07) is 0. The van der Waals surface area contributed by atoms with E-state index in [1.807, 2.05) is 0 Å². The average molecular weight is 164 g/mol. The first-order valence-corrected chi connectivity index (χ1v) is 4.10. The van der Waals surface area contributed by atoms with Crippen LogP contribution in [0.25, 0.3) is 0 Å². The minimum absolute atomic E-state index is 0.584. The topological polar surface area (TPSA) is 20.2 Å². The fraction of sp³-hybridized carbons (Fsp3) is 0.455. The second-order valence-electron chi connectivity index (χ2n) is 2.83. The van der Waals surface area contributed by atoms with Gasteiger partial charge in [0.1, 0.15) is 5.60 Å². The van der Waals surface area contributed by atoms with Crippen molar-refractivity contribution in [3.63, 3.8) is 0 Å². The molecule has 1 nitrogen and oxygen atoms in total. The molecule has 1 heteroatoms. The number of terminal acetylenes is 1. The van der Waals surface area contributed by atoms with E-state index in [9.17, 15) is 5.11 Å². The summed E-state index contributed by atoms with van der Waals surface area (Å²) < 4.78 is 0. The van der Waals surface area contributed by atoms with Gasteiger partial charge >= 0.3 is 0 Å². The molecule has 0 aliphatic heterocycles. The van der Waals surface area contributed by atoms with Gasteiger partial charge in [-0.25, -0.2) is 0 Å². The van der Waals surface area contributed by atoms with Gasteiger partial charge in [-0.05, 0) is 25.7 Å². The zero-order valence-electron chi connectivity index (χ0n) is 7.42. The van der Waals surface area contributed by atoms with Gasteiger partial charge in [-0.2, -0.15) is 0 Å². The van der Waals surface area contributed by atoms with E-state index in [0.29, 0.717) is 12.8 Å². The van der Waals surface area contributed by atoms with Crippen LogP contribution in [0.4, 0.5) is 0 Å². The molecule has 0 aromatic rings. The van der Waals surface area contributed by atoms with Gasteiger partial charge in [0, 0.05) is 0 Å². The van der Waals surface area contributed by atoms with Crippen molar-refractivity contribution in [2.45, 2.75) is 31.3 Å². The molecule has 0 fully saturated rings. The van der Waals surface area contributed by atoms with Crippen LogP contribution in [-0.4, -0.2) is 10.7 Å². The number of rotatable bonds is 6. The van der Waals surface area contributed by atoms with Gasteiger partial charge < -0.3 is 5.11 Å². The van der Waals surface area contributed by atoms with Crippen LogP contribution in [0.3, 0.4) is 0 Å². The molecule has 0 heterocycles. The monoisotopic (exact) mass is 164 g/mol. The minimum Gasteiger partial charge on any atom is -0.378 e. The molecule has 0 radical (unpaired) electrons. The Labute approximate surface area is 74.8 Å². The third kappa shape index (κ3) is 4.00. The molecular weight excluding hydrogens is 148 g/mol. The summed E-state index contributed by atoms with van der Waals surface area (Å²) >= 11 is 0. The first-order chi connectivity index (χ1) is 5.68. The Bertz CT molecular complexity index is 174. The highest BCUT2D eigenvalue weighted by Gasteiger charge is 2.21. The van der Waals surface area contributed by atoms with Crippen LogP contribution >= 0.6 is 0 Å². The minimum atomic E-state index is -0.970. The summed E-state index contributed by atoms with van der Waals surface area (Å²) in [6.45, 7) is 7.16. The van der Waals surface area contributed by atoms with Crippen molar-refractivity contribution in [1.82, 2.24) is 0 Å². The molecule has 0 aliphatic carbocycles. The van der Waals surface area contributed by atoms with Gasteiger partial charge in [0.05, 0.1) is 0 Å². The van der Waals surface area contributed by atoms with E-state index in [2.05, 4.69) is 19.1 Å². The molecule has 0 saturated carbocycles.